The number of benzene rings is 2. The summed E-state index contributed by atoms with van der Waals surface area (Å²) in [5.74, 6) is 0.334. The van der Waals surface area contributed by atoms with Crippen molar-refractivity contribution in [2.45, 2.75) is 81.8 Å². The summed E-state index contributed by atoms with van der Waals surface area (Å²) < 4.78 is 38.1. The molecule has 2 N–H and O–H groups in total. The fourth-order valence-corrected chi connectivity index (χ4v) is 7.14. The number of ether oxygens (including phenoxy) is 2. The predicted molar refractivity (Wildman–Crippen MR) is 144 cm³/mol. The van der Waals surface area contributed by atoms with Crippen molar-refractivity contribution in [3.8, 4) is 11.5 Å². The topological polar surface area (TPSA) is 62.8 Å². The first-order valence-corrected chi connectivity index (χ1v) is 13.8. The fraction of sp³-hybridized carbons (Fsp3) is 0.567. The summed E-state index contributed by atoms with van der Waals surface area (Å²) in [6.45, 7) is 3.39. The SMILES string of the molecule is COc1ccc([C@@]23CC[C@H](NC(=O)Nc4ccc(F)c(F)c4)C[C@H]2N(C2CCC(C)CC2)CC3)cc1OC. The number of rotatable bonds is 6. The summed E-state index contributed by atoms with van der Waals surface area (Å²) in [6.07, 6.45) is 8.65. The Labute approximate surface area is 224 Å². The van der Waals surface area contributed by atoms with Gasteiger partial charge in [0, 0.05) is 35.3 Å². The van der Waals surface area contributed by atoms with Crippen molar-refractivity contribution in [3.63, 3.8) is 0 Å². The van der Waals surface area contributed by atoms with Crippen LogP contribution in [0.25, 0.3) is 0 Å². The molecule has 1 saturated heterocycles. The predicted octanol–water partition coefficient (Wildman–Crippen LogP) is 6.25. The van der Waals surface area contributed by atoms with E-state index < -0.39 is 17.7 Å². The number of nitrogens with one attached hydrogen (secondary N) is 2. The van der Waals surface area contributed by atoms with Crippen molar-refractivity contribution in [3.05, 3.63) is 53.6 Å². The lowest BCUT2D eigenvalue weighted by Crippen LogP contribution is -2.55. The first-order chi connectivity index (χ1) is 18.3. The summed E-state index contributed by atoms with van der Waals surface area (Å²) >= 11 is 0. The average molecular weight is 528 g/mol. The lowest BCUT2D eigenvalue weighted by molar-refractivity contribution is 0.0752. The summed E-state index contributed by atoms with van der Waals surface area (Å²) in [4.78, 5) is 15.5. The number of hydrogen-bond donors (Lipinski definition) is 2. The quantitative estimate of drug-likeness (QED) is 0.466. The Bertz CT molecular complexity index is 1150. The molecule has 0 radical (unpaired) electrons. The van der Waals surface area contributed by atoms with Crippen molar-refractivity contribution in [2.75, 3.05) is 26.1 Å². The lowest BCUT2D eigenvalue weighted by Gasteiger charge is -2.48. The smallest absolute Gasteiger partial charge is 0.319 e. The molecule has 3 fully saturated rings. The van der Waals surface area contributed by atoms with Gasteiger partial charge in [-0.3, -0.25) is 4.90 Å². The van der Waals surface area contributed by atoms with Gasteiger partial charge in [-0.25, -0.2) is 13.6 Å². The Balaban J connectivity index is 1.37. The molecule has 8 heteroatoms. The minimum absolute atomic E-state index is 0.0123. The van der Waals surface area contributed by atoms with Crippen LogP contribution in [-0.4, -0.2) is 49.8 Å². The summed E-state index contributed by atoms with van der Waals surface area (Å²) in [6, 6.07) is 10.2. The molecule has 1 heterocycles. The molecule has 0 bridgehead atoms. The Morgan fingerprint density at radius 1 is 0.947 bits per heavy atom. The maximum atomic E-state index is 13.6. The number of fused-ring (bicyclic) bond motifs is 1. The maximum absolute atomic E-state index is 13.6. The monoisotopic (exact) mass is 527 g/mol. The van der Waals surface area contributed by atoms with E-state index in [0.717, 1.165) is 61.8 Å². The molecule has 2 aromatic rings. The number of methoxy groups -OCH3 is 2. The van der Waals surface area contributed by atoms with Crippen LogP contribution in [0.4, 0.5) is 19.3 Å². The van der Waals surface area contributed by atoms with E-state index in [-0.39, 0.29) is 17.1 Å². The van der Waals surface area contributed by atoms with Crippen LogP contribution in [0.15, 0.2) is 36.4 Å². The van der Waals surface area contributed by atoms with Crippen molar-refractivity contribution >= 4 is 11.7 Å². The molecule has 2 saturated carbocycles. The van der Waals surface area contributed by atoms with Gasteiger partial charge < -0.3 is 20.1 Å². The minimum atomic E-state index is -0.983. The van der Waals surface area contributed by atoms with Gasteiger partial charge in [-0.2, -0.15) is 0 Å². The highest BCUT2D eigenvalue weighted by atomic mass is 19.2. The molecule has 2 amide bonds. The molecular weight excluding hydrogens is 488 g/mol. The molecule has 3 atom stereocenters. The number of halogens is 2. The third-order valence-electron chi connectivity index (χ3n) is 9.23. The number of likely N-dealkylation sites (tertiary alicyclic amines) is 1. The molecule has 1 aliphatic heterocycles. The number of hydrogen-bond acceptors (Lipinski definition) is 4. The first-order valence-electron chi connectivity index (χ1n) is 13.8. The van der Waals surface area contributed by atoms with Crippen molar-refractivity contribution in [1.29, 1.82) is 0 Å². The van der Waals surface area contributed by atoms with Gasteiger partial charge in [0.15, 0.2) is 23.1 Å². The zero-order valence-electron chi connectivity index (χ0n) is 22.6. The fourth-order valence-electron chi connectivity index (χ4n) is 7.14. The molecule has 38 heavy (non-hydrogen) atoms. The number of anilines is 1. The molecule has 206 valence electrons. The van der Waals surface area contributed by atoms with Gasteiger partial charge in [0.2, 0.25) is 0 Å². The van der Waals surface area contributed by atoms with Crippen LogP contribution in [0.1, 0.15) is 63.9 Å². The van der Waals surface area contributed by atoms with Crippen LogP contribution < -0.4 is 20.1 Å². The molecule has 0 aromatic heterocycles. The zero-order chi connectivity index (χ0) is 26.9. The second kappa shape index (κ2) is 11.1. The van der Waals surface area contributed by atoms with Crippen LogP contribution >= 0.6 is 0 Å². The van der Waals surface area contributed by atoms with E-state index in [0.29, 0.717) is 12.1 Å². The third kappa shape index (κ3) is 5.20. The van der Waals surface area contributed by atoms with Crippen LogP contribution in [0.5, 0.6) is 11.5 Å². The van der Waals surface area contributed by atoms with Crippen LogP contribution in [0.3, 0.4) is 0 Å². The van der Waals surface area contributed by atoms with Gasteiger partial charge in [0.1, 0.15) is 0 Å². The van der Waals surface area contributed by atoms with E-state index in [9.17, 15) is 13.6 Å². The van der Waals surface area contributed by atoms with Gasteiger partial charge in [-0.05, 0) is 93.7 Å². The van der Waals surface area contributed by atoms with E-state index in [1.54, 1.807) is 14.2 Å². The maximum Gasteiger partial charge on any atom is 0.319 e. The molecule has 0 spiro atoms. The Kier molecular flexibility index (Phi) is 7.80. The van der Waals surface area contributed by atoms with Crippen LogP contribution in [-0.2, 0) is 5.41 Å². The summed E-state index contributed by atoms with van der Waals surface area (Å²) in [7, 11) is 3.33. The summed E-state index contributed by atoms with van der Waals surface area (Å²) in [5, 5.41) is 5.78. The number of carbonyl (C=O) groups is 1. The Morgan fingerprint density at radius 3 is 2.42 bits per heavy atom. The zero-order valence-corrected chi connectivity index (χ0v) is 22.6. The molecular formula is C30H39F2N3O3. The normalized spacial score (nSPS) is 29.4. The largest absolute Gasteiger partial charge is 0.493 e. The third-order valence-corrected chi connectivity index (χ3v) is 9.23. The van der Waals surface area contributed by atoms with Crippen LogP contribution in [0, 0.1) is 17.6 Å². The highest BCUT2D eigenvalue weighted by Crippen LogP contribution is 2.52. The second-order valence-corrected chi connectivity index (χ2v) is 11.3. The Hall–Kier alpha value is -2.87. The van der Waals surface area contributed by atoms with E-state index in [1.165, 1.54) is 37.3 Å². The highest BCUT2D eigenvalue weighted by molar-refractivity contribution is 5.89. The van der Waals surface area contributed by atoms with E-state index in [2.05, 4.69) is 34.6 Å². The molecule has 2 aliphatic carbocycles. The summed E-state index contributed by atoms with van der Waals surface area (Å²) in [5.41, 5.74) is 1.49. The molecule has 2 aromatic carbocycles. The standard InChI is InChI=1S/C30H39F2N3O3/c1-19-4-8-23(9-5-19)35-15-14-30(20-6-11-26(37-2)27(16-20)38-3)13-12-22(18-28(30)35)34-29(36)33-21-7-10-24(31)25(32)17-21/h6-7,10-11,16-17,19,22-23,28H,4-5,8-9,12-15,18H2,1-3H3,(H2,33,34,36)/t19?,22-,23?,28+,30-/m0/s1. The van der Waals surface area contributed by atoms with Crippen molar-refractivity contribution in [1.82, 2.24) is 10.2 Å². The minimum Gasteiger partial charge on any atom is -0.493 e. The first kappa shape index (κ1) is 26.7. The van der Waals surface area contributed by atoms with Crippen molar-refractivity contribution < 1.29 is 23.0 Å². The van der Waals surface area contributed by atoms with Gasteiger partial charge >= 0.3 is 6.03 Å². The Morgan fingerprint density at radius 2 is 1.71 bits per heavy atom. The average Bonchev–Trinajstić information content (AvgIpc) is 3.30. The van der Waals surface area contributed by atoms with Gasteiger partial charge in [0.05, 0.1) is 14.2 Å². The van der Waals surface area contributed by atoms with E-state index >= 15 is 0 Å². The van der Waals surface area contributed by atoms with Crippen LogP contribution in [0.2, 0.25) is 0 Å². The molecule has 3 aliphatic rings. The number of urea groups is 1. The van der Waals surface area contributed by atoms with Gasteiger partial charge in [0.25, 0.3) is 0 Å². The molecule has 0 unspecified atom stereocenters. The molecule has 6 nitrogen and oxygen atoms in total. The number of carbonyl (C=O) groups excluding carboxylic acids is 1. The van der Waals surface area contributed by atoms with E-state index in [4.69, 9.17) is 9.47 Å². The van der Waals surface area contributed by atoms with Crippen molar-refractivity contribution in [2.24, 2.45) is 5.92 Å². The number of nitrogens with zero attached hydrogens (tertiary/aromatic N) is 1. The molecule has 5 rings (SSSR count). The van der Waals surface area contributed by atoms with Gasteiger partial charge in [-0.1, -0.05) is 13.0 Å². The van der Waals surface area contributed by atoms with Gasteiger partial charge in [-0.15, -0.1) is 0 Å². The number of amides is 2. The van der Waals surface area contributed by atoms with E-state index in [1.807, 2.05) is 6.07 Å². The highest BCUT2D eigenvalue weighted by Gasteiger charge is 2.53. The lowest BCUT2D eigenvalue weighted by atomic mass is 9.64. The second-order valence-electron chi connectivity index (χ2n) is 11.3.